The molecule has 3 aromatic rings. The zero-order valence-electron chi connectivity index (χ0n) is 15.8. The van der Waals surface area contributed by atoms with Crippen molar-refractivity contribution in [1.29, 1.82) is 0 Å². The molecular weight excluding hydrogens is 374 g/mol. The number of rotatable bonds is 6. The molecule has 0 fully saturated rings. The van der Waals surface area contributed by atoms with Crippen molar-refractivity contribution in [3.8, 4) is 0 Å². The Morgan fingerprint density at radius 3 is 2.32 bits per heavy atom. The second kappa shape index (κ2) is 8.10. The first-order valence-corrected chi connectivity index (χ1v) is 10.4. The average Bonchev–Trinajstić information content (AvgIpc) is 2.66. The smallest absolute Gasteiger partial charge is 0.238 e. The standard InChI is InChI=1S/C21H23N3O3S/c1-15(16-8-11-20(12-9-16)28(22,26)27)24(2)14-21(25)23-19-10-7-17-5-3-4-6-18(17)13-19/h3-13,15H,14H2,1-2H3,(H,23,25)(H2,22,26,27). The maximum Gasteiger partial charge on any atom is 0.238 e. The maximum absolute atomic E-state index is 12.4. The summed E-state index contributed by atoms with van der Waals surface area (Å²) >= 11 is 0. The summed E-state index contributed by atoms with van der Waals surface area (Å²) in [6.07, 6.45) is 0. The Bertz CT molecular complexity index is 1100. The lowest BCUT2D eigenvalue weighted by Gasteiger charge is -2.24. The third-order valence-corrected chi connectivity index (χ3v) is 5.71. The third-order valence-electron chi connectivity index (χ3n) is 4.78. The molecule has 3 N–H and O–H groups in total. The molecule has 1 unspecified atom stereocenters. The van der Waals surface area contributed by atoms with Crippen molar-refractivity contribution in [3.05, 3.63) is 72.3 Å². The van der Waals surface area contributed by atoms with Gasteiger partial charge in [0.15, 0.2) is 0 Å². The molecule has 0 aliphatic heterocycles. The van der Waals surface area contributed by atoms with Crippen molar-refractivity contribution in [2.45, 2.75) is 17.9 Å². The number of nitrogens with two attached hydrogens (primary N) is 1. The topological polar surface area (TPSA) is 92.5 Å². The molecule has 6 nitrogen and oxygen atoms in total. The Balaban J connectivity index is 1.64. The number of hydrogen-bond donors (Lipinski definition) is 2. The van der Waals surface area contributed by atoms with E-state index in [2.05, 4.69) is 5.32 Å². The fourth-order valence-corrected chi connectivity index (χ4v) is 3.54. The molecule has 1 atom stereocenters. The predicted octanol–water partition coefficient (Wildman–Crippen LogP) is 3.12. The fraction of sp³-hybridized carbons (Fsp3) is 0.190. The van der Waals surface area contributed by atoms with Gasteiger partial charge < -0.3 is 5.32 Å². The van der Waals surface area contributed by atoms with Crippen LogP contribution in [0.15, 0.2) is 71.6 Å². The molecule has 0 aromatic heterocycles. The highest BCUT2D eigenvalue weighted by Crippen LogP contribution is 2.21. The number of likely N-dealkylation sites (N-methyl/N-ethyl adjacent to an activating group) is 1. The van der Waals surface area contributed by atoms with E-state index in [1.54, 1.807) is 12.1 Å². The summed E-state index contributed by atoms with van der Waals surface area (Å²) in [6, 6.07) is 20.1. The highest BCUT2D eigenvalue weighted by molar-refractivity contribution is 7.89. The largest absolute Gasteiger partial charge is 0.325 e. The van der Waals surface area contributed by atoms with Gasteiger partial charge in [0.2, 0.25) is 15.9 Å². The third kappa shape index (κ3) is 4.75. The van der Waals surface area contributed by atoms with Crippen LogP contribution in [0.5, 0.6) is 0 Å². The van der Waals surface area contributed by atoms with Gasteiger partial charge in [-0.1, -0.05) is 42.5 Å². The summed E-state index contributed by atoms with van der Waals surface area (Å²) in [5.41, 5.74) is 1.65. The minimum absolute atomic E-state index is 0.0696. The summed E-state index contributed by atoms with van der Waals surface area (Å²) < 4.78 is 22.7. The number of hydrogen-bond acceptors (Lipinski definition) is 4. The van der Waals surface area contributed by atoms with Crippen LogP contribution in [-0.4, -0.2) is 32.8 Å². The van der Waals surface area contributed by atoms with Gasteiger partial charge in [-0.15, -0.1) is 0 Å². The Kier molecular flexibility index (Phi) is 5.79. The number of carbonyl (C=O) groups excluding carboxylic acids is 1. The van der Waals surface area contributed by atoms with Gasteiger partial charge in [0.05, 0.1) is 11.4 Å². The van der Waals surface area contributed by atoms with E-state index < -0.39 is 10.0 Å². The summed E-state index contributed by atoms with van der Waals surface area (Å²) in [4.78, 5) is 14.4. The van der Waals surface area contributed by atoms with Crippen LogP contribution < -0.4 is 10.5 Å². The first kappa shape index (κ1) is 20.0. The average molecular weight is 398 g/mol. The molecule has 28 heavy (non-hydrogen) atoms. The monoisotopic (exact) mass is 397 g/mol. The number of nitrogens with one attached hydrogen (secondary N) is 1. The first-order chi connectivity index (χ1) is 13.2. The molecule has 7 heteroatoms. The van der Waals surface area contributed by atoms with Gasteiger partial charge in [-0.25, -0.2) is 13.6 Å². The quantitative estimate of drug-likeness (QED) is 0.668. The van der Waals surface area contributed by atoms with E-state index in [9.17, 15) is 13.2 Å². The number of amides is 1. The minimum Gasteiger partial charge on any atom is -0.325 e. The summed E-state index contributed by atoms with van der Waals surface area (Å²) in [5, 5.41) is 10.2. The van der Waals surface area contributed by atoms with Gasteiger partial charge in [0.1, 0.15) is 0 Å². The van der Waals surface area contributed by atoms with Crippen molar-refractivity contribution < 1.29 is 13.2 Å². The highest BCUT2D eigenvalue weighted by atomic mass is 32.2. The lowest BCUT2D eigenvalue weighted by Crippen LogP contribution is -2.32. The molecule has 3 aromatic carbocycles. The number of anilines is 1. The molecule has 0 saturated carbocycles. The minimum atomic E-state index is -3.71. The lowest BCUT2D eigenvalue weighted by atomic mass is 10.1. The van der Waals surface area contributed by atoms with Gasteiger partial charge in [-0.05, 0) is 54.6 Å². The van der Waals surface area contributed by atoms with Gasteiger partial charge >= 0.3 is 0 Å². The molecule has 0 heterocycles. The molecule has 0 saturated heterocycles. The van der Waals surface area contributed by atoms with E-state index in [1.165, 1.54) is 12.1 Å². The van der Waals surface area contributed by atoms with Crippen molar-refractivity contribution in [2.24, 2.45) is 5.14 Å². The van der Waals surface area contributed by atoms with Crippen LogP contribution in [0.2, 0.25) is 0 Å². The van der Waals surface area contributed by atoms with Gasteiger partial charge in [0, 0.05) is 11.7 Å². The highest BCUT2D eigenvalue weighted by Gasteiger charge is 2.16. The Hall–Kier alpha value is -2.74. The van der Waals surface area contributed by atoms with E-state index >= 15 is 0 Å². The molecular formula is C21H23N3O3S. The molecule has 1 amide bonds. The molecule has 3 rings (SSSR count). The summed E-state index contributed by atoms with van der Waals surface area (Å²) in [5.74, 6) is -0.120. The Labute approximate surface area is 165 Å². The summed E-state index contributed by atoms with van der Waals surface area (Å²) in [6.45, 7) is 2.15. The zero-order valence-corrected chi connectivity index (χ0v) is 16.6. The first-order valence-electron chi connectivity index (χ1n) is 8.86. The second-order valence-electron chi connectivity index (χ2n) is 6.82. The van der Waals surface area contributed by atoms with Gasteiger partial charge in [-0.3, -0.25) is 9.69 Å². The van der Waals surface area contributed by atoms with Gasteiger partial charge in [0.25, 0.3) is 0 Å². The van der Waals surface area contributed by atoms with Crippen molar-refractivity contribution in [3.63, 3.8) is 0 Å². The SMILES string of the molecule is CC(c1ccc(S(N)(=O)=O)cc1)N(C)CC(=O)Nc1ccc2ccccc2c1. The molecule has 0 bridgehead atoms. The Morgan fingerprint density at radius 1 is 1.04 bits per heavy atom. The van der Waals surface area contributed by atoms with E-state index in [4.69, 9.17) is 5.14 Å². The Morgan fingerprint density at radius 2 is 1.68 bits per heavy atom. The van der Waals surface area contributed by atoms with E-state index in [0.717, 1.165) is 22.0 Å². The van der Waals surface area contributed by atoms with Crippen LogP contribution in [0, 0.1) is 0 Å². The summed E-state index contributed by atoms with van der Waals surface area (Å²) in [7, 11) is -1.87. The van der Waals surface area contributed by atoms with Crippen LogP contribution in [0.3, 0.4) is 0 Å². The zero-order chi connectivity index (χ0) is 20.3. The fourth-order valence-electron chi connectivity index (χ4n) is 3.02. The van der Waals surface area contributed by atoms with Crippen LogP contribution in [-0.2, 0) is 14.8 Å². The number of carbonyl (C=O) groups is 1. The molecule has 146 valence electrons. The van der Waals surface area contributed by atoms with E-state index in [1.807, 2.05) is 61.3 Å². The van der Waals surface area contributed by atoms with Crippen molar-refractivity contribution in [1.82, 2.24) is 4.90 Å². The number of nitrogens with zero attached hydrogens (tertiary/aromatic N) is 1. The number of fused-ring (bicyclic) bond motifs is 1. The van der Waals surface area contributed by atoms with E-state index in [0.29, 0.717) is 0 Å². The maximum atomic E-state index is 12.4. The normalized spacial score (nSPS) is 12.9. The van der Waals surface area contributed by atoms with Crippen LogP contribution in [0.4, 0.5) is 5.69 Å². The second-order valence-corrected chi connectivity index (χ2v) is 8.38. The number of sulfonamides is 1. The van der Waals surface area contributed by atoms with Crippen molar-refractivity contribution >= 4 is 32.4 Å². The van der Waals surface area contributed by atoms with Crippen LogP contribution >= 0.6 is 0 Å². The number of primary sulfonamides is 1. The predicted molar refractivity (Wildman–Crippen MR) is 111 cm³/mol. The molecule has 0 spiro atoms. The van der Waals surface area contributed by atoms with Gasteiger partial charge in [-0.2, -0.15) is 0 Å². The molecule has 0 radical (unpaired) electrons. The van der Waals surface area contributed by atoms with E-state index in [-0.39, 0.29) is 23.4 Å². The molecule has 0 aliphatic carbocycles. The molecule has 0 aliphatic rings. The van der Waals surface area contributed by atoms with Crippen molar-refractivity contribution in [2.75, 3.05) is 18.9 Å². The van der Waals surface area contributed by atoms with Crippen LogP contribution in [0.1, 0.15) is 18.5 Å². The lowest BCUT2D eigenvalue weighted by molar-refractivity contribution is -0.117. The number of benzene rings is 3. The van der Waals surface area contributed by atoms with Crippen LogP contribution in [0.25, 0.3) is 10.8 Å².